The molecule has 0 saturated carbocycles. The number of aliphatic imine (C=N–C) groups is 1. The lowest BCUT2D eigenvalue weighted by Crippen LogP contribution is -1.96. The lowest BCUT2D eigenvalue weighted by molar-refractivity contribution is 0.795. The Kier molecular flexibility index (Phi) is 7.62. The molecule has 0 fully saturated rings. The van der Waals surface area contributed by atoms with E-state index in [1.54, 1.807) is 0 Å². The van der Waals surface area contributed by atoms with Crippen molar-refractivity contribution in [3.05, 3.63) is 75.5 Å². The topological polar surface area (TPSA) is 12.4 Å². The molecule has 0 saturated heterocycles. The van der Waals surface area contributed by atoms with Gasteiger partial charge >= 0.3 is 0 Å². The second-order valence-electron chi connectivity index (χ2n) is 7.33. The van der Waals surface area contributed by atoms with Crippen molar-refractivity contribution in [1.82, 2.24) is 0 Å². The number of benzene rings is 1. The summed E-state index contributed by atoms with van der Waals surface area (Å²) < 4.78 is 0. The lowest BCUT2D eigenvalue weighted by atomic mass is 10.0. The molecule has 0 bridgehead atoms. The van der Waals surface area contributed by atoms with Crippen LogP contribution in [-0.2, 0) is 12.8 Å². The van der Waals surface area contributed by atoms with Gasteiger partial charge in [-0.3, -0.25) is 4.99 Å². The minimum Gasteiger partial charge on any atom is -0.253 e. The lowest BCUT2D eigenvalue weighted by Gasteiger charge is -2.07. The van der Waals surface area contributed by atoms with Crippen LogP contribution in [0.5, 0.6) is 0 Å². The quantitative estimate of drug-likeness (QED) is 0.287. The van der Waals surface area contributed by atoms with Crippen molar-refractivity contribution in [2.45, 2.75) is 60.3 Å². The van der Waals surface area contributed by atoms with Gasteiger partial charge in [-0.15, -0.1) is 6.42 Å². The van der Waals surface area contributed by atoms with E-state index in [1.165, 1.54) is 40.7 Å². The van der Waals surface area contributed by atoms with Crippen LogP contribution in [0.3, 0.4) is 0 Å². The normalized spacial score (nSPS) is 14.1. The fourth-order valence-electron chi connectivity index (χ4n) is 3.33. The molecule has 0 aromatic heterocycles. The first-order chi connectivity index (χ1) is 13.0. The molecule has 0 spiro atoms. The Hall–Kier alpha value is -2.59. The smallest absolute Gasteiger partial charge is 0.0654 e. The molecule has 27 heavy (non-hydrogen) atoms. The Morgan fingerprint density at radius 3 is 2.67 bits per heavy atom. The number of aryl methyl sites for hydroxylation is 1. The Labute approximate surface area is 165 Å². The van der Waals surface area contributed by atoms with Crippen LogP contribution in [0.15, 0.2) is 63.8 Å². The third-order valence-electron chi connectivity index (χ3n) is 4.68. The molecule has 1 aromatic rings. The first-order valence-electron chi connectivity index (χ1n) is 9.85. The maximum Gasteiger partial charge on any atom is 0.0654 e. The Morgan fingerprint density at radius 2 is 2.04 bits per heavy atom. The predicted molar refractivity (Wildman–Crippen MR) is 120 cm³/mol. The second kappa shape index (κ2) is 9.93. The number of hydrogen-bond donors (Lipinski definition) is 0. The van der Waals surface area contributed by atoms with Gasteiger partial charge in [-0.25, -0.2) is 0 Å². The summed E-state index contributed by atoms with van der Waals surface area (Å²) in [5, 5.41) is 0. The van der Waals surface area contributed by atoms with E-state index in [9.17, 15) is 0 Å². The largest absolute Gasteiger partial charge is 0.253 e. The summed E-state index contributed by atoms with van der Waals surface area (Å²) in [7, 11) is 0. The molecular formula is C26H31N. The zero-order chi connectivity index (χ0) is 19.8. The Balaban J connectivity index is 2.32. The molecule has 1 heteroatoms. The van der Waals surface area contributed by atoms with Crippen molar-refractivity contribution < 1.29 is 0 Å². The van der Waals surface area contributed by atoms with Gasteiger partial charge in [0, 0.05) is 17.7 Å². The maximum absolute atomic E-state index is 5.58. The van der Waals surface area contributed by atoms with Gasteiger partial charge in [-0.2, -0.15) is 0 Å². The fourth-order valence-corrected chi connectivity index (χ4v) is 3.33. The van der Waals surface area contributed by atoms with E-state index < -0.39 is 0 Å². The van der Waals surface area contributed by atoms with E-state index in [0.717, 1.165) is 29.8 Å². The van der Waals surface area contributed by atoms with Crippen LogP contribution in [0.2, 0.25) is 0 Å². The van der Waals surface area contributed by atoms with Crippen LogP contribution in [-0.4, -0.2) is 5.71 Å². The van der Waals surface area contributed by atoms with E-state index in [1.807, 2.05) is 32.1 Å². The first kappa shape index (κ1) is 20.7. The number of terminal acetylenes is 1. The zero-order valence-corrected chi connectivity index (χ0v) is 17.4. The van der Waals surface area contributed by atoms with Crippen molar-refractivity contribution in [2.24, 2.45) is 4.99 Å². The molecule has 0 radical (unpaired) electrons. The molecule has 0 N–H and O–H groups in total. The molecule has 1 nitrogen and oxygen atoms in total. The molecule has 0 unspecified atom stereocenters. The summed E-state index contributed by atoms with van der Waals surface area (Å²) >= 11 is 0. The number of allylic oxidation sites excluding steroid dienone is 6. The van der Waals surface area contributed by atoms with Crippen molar-refractivity contribution in [3.63, 3.8) is 0 Å². The van der Waals surface area contributed by atoms with Crippen LogP contribution in [0, 0.1) is 12.3 Å². The molecule has 2 rings (SSSR count). The second-order valence-corrected chi connectivity index (χ2v) is 7.33. The third kappa shape index (κ3) is 5.69. The summed E-state index contributed by atoms with van der Waals surface area (Å²) in [6.45, 7) is 10.5. The number of fused-ring (bicyclic) bond motifs is 1. The van der Waals surface area contributed by atoms with Crippen LogP contribution in [0.4, 0.5) is 0 Å². The summed E-state index contributed by atoms with van der Waals surface area (Å²) in [6.07, 6.45) is 18.3. The number of hydrogen-bond acceptors (Lipinski definition) is 1. The van der Waals surface area contributed by atoms with Crippen molar-refractivity contribution in [1.29, 1.82) is 0 Å². The highest BCUT2D eigenvalue weighted by Crippen LogP contribution is 2.32. The SMILES string of the molecule is C#CC(/C=C\C)=C/C(C)=NC(C1=Cc2cc(CCCC)ccc2C1)=C(C)C. The van der Waals surface area contributed by atoms with E-state index in [4.69, 9.17) is 11.4 Å². The molecule has 0 heterocycles. The molecule has 140 valence electrons. The first-order valence-corrected chi connectivity index (χ1v) is 9.85. The highest BCUT2D eigenvalue weighted by atomic mass is 14.8. The highest BCUT2D eigenvalue weighted by Gasteiger charge is 2.17. The molecule has 0 amide bonds. The molecule has 1 aliphatic rings. The van der Waals surface area contributed by atoms with Crippen molar-refractivity contribution >= 4 is 11.8 Å². The highest BCUT2D eigenvalue weighted by molar-refractivity contribution is 5.95. The zero-order valence-electron chi connectivity index (χ0n) is 17.4. The minimum atomic E-state index is 0.844. The van der Waals surface area contributed by atoms with Crippen molar-refractivity contribution in [2.75, 3.05) is 0 Å². The van der Waals surface area contributed by atoms with Gasteiger partial charge in [0.2, 0.25) is 0 Å². The standard InChI is InChI=1S/C26H31N/c1-7-10-12-22-13-14-23-17-25(18-24(23)16-22)26(19(4)5)27-20(6)15-21(9-3)11-8-2/h3,8,11,13-16,18H,7,10,12,17H2,1-2,4-6H3/b11-8-,21-15-,27-20?. The van der Waals surface area contributed by atoms with Crippen molar-refractivity contribution in [3.8, 4) is 12.3 Å². The average Bonchev–Trinajstić information content (AvgIpc) is 3.06. The van der Waals surface area contributed by atoms with E-state index in [-0.39, 0.29) is 0 Å². The van der Waals surface area contributed by atoms with Gasteiger partial charge in [-0.1, -0.05) is 55.2 Å². The number of nitrogens with zero attached hydrogens (tertiary/aromatic N) is 1. The van der Waals surface area contributed by atoms with E-state index in [0.29, 0.717) is 0 Å². The van der Waals surface area contributed by atoms with Gasteiger partial charge in [-0.05, 0) is 75.0 Å². The van der Waals surface area contributed by atoms with Crippen LogP contribution < -0.4 is 0 Å². The molecule has 1 aliphatic carbocycles. The summed E-state index contributed by atoms with van der Waals surface area (Å²) in [6, 6.07) is 6.91. The molecule has 0 atom stereocenters. The predicted octanol–water partition coefficient (Wildman–Crippen LogP) is 6.86. The Morgan fingerprint density at radius 1 is 1.26 bits per heavy atom. The minimum absolute atomic E-state index is 0.844. The van der Waals surface area contributed by atoms with E-state index in [2.05, 4.69) is 51.0 Å². The summed E-state index contributed by atoms with van der Waals surface area (Å²) in [5.74, 6) is 2.71. The fraction of sp³-hybridized carbons (Fsp3) is 0.346. The Bertz CT molecular complexity index is 875. The van der Waals surface area contributed by atoms with Crippen LogP contribution >= 0.6 is 0 Å². The molecule has 0 aliphatic heterocycles. The number of rotatable bonds is 7. The van der Waals surface area contributed by atoms with Gasteiger partial charge in [0.1, 0.15) is 0 Å². The monoisotopic (exact) mass is 357 g/mol. The summed E-state index contributed by atoms with van der Waals surface area (Å²) in [5.41, 5.74) is 9.53. The van der Waals surface area contributed by atoms with Gasteiger partial charge in [0.05, 0.1) is 5.70 Å². The van der Waals surface area contributed by atoms with Gasteiger partial charge < -0.3 is 0 Å². The average molecular weight is 358 g/mol. The third-order valence-corrected chi connectivity index (χ3v) is 4.68. The summed E-state index contributed by atoms with van der Waals surface area (Å²) in [4.78, 5) is 4.91. The maximum atomic E-state index is 5.58. The van der Waals surface area contributed by atoms with Crippen LogP contribution in [0.25, 0.3) is 6.08 Å². The van der Waals surface area contributed by atoms with E-state index >= 15 is 0 Å². The van der Waals surface area contributed by atoms with Crippen LogP contribution in [0.1, 0.15) is 64.2 Å². The molecule has 1 aromatic carbocycles. The van der Waals surface area contributed by atoms with Gasteiger partial charge in [0.25, 0.3) is 0 Å². The number of unbranched alkanes of at least 4 members (excludes halogenated alkanes) is 1. The molecular weight excluding hydrogens is 326 g/mol. The van der Waals surface area contributed by atoms with Gasteiger partial charge in [0.15, 0.2) is 0 Å².